The van der Waals surface area contributed by atoms with Gasteiger partial charge >= 0.3 is 5.69 Å². The van der Waals surface area contributed by atoms with E-state index >= 15 is 0 Å². The highest BCUT2D eigenvalue weighted by atomic mass is 16.6. The van der Waals surface area contributed by atoms with E-state index in [9.17, 15) is 10.1 Å². The summed E-state index contributed by atoms with van der Waals surface area (Å²) in [7, 11) is 1.54. The van der Waals surface area contributed by atoms with Crippen molar-refractivity contribution in [1.29, 1.82) is 0 Å². The predicted octanol–water partition coefficient (Wildman–Crippen LogP) is 2.40. The van der Waals surface area contributed by atoms with Crippen LogP contribution in [0.25, 0.3) is 0 Å². The van der Waals surface area contributed by atoms with Crippen LogP contribution in [0.3, 0.4) is 0 Å². The van der Waals surface area contributed by atoms with Gasteiger partial charge in [-0.1, -0.05) is 19.8 Å². The second-order valence-electron chi connectivity index (χ2n) is 5.49. The van der Waals surface area contributed by atoms with Crippen LogP contribution < -0.4 is 10.1 Å². The zero-order valence-corrected chi connectivity index (χ0v) is 12.9. The lowest BCUT2D eigenvalue weighted by Crippen LogP contribution is -2.31. The van der Waals surface area contributed by atoms with Crippen LogP contribution >= 0.6 is 0 Å². The predicted molar refractivity (Wildman–Crippen MR) is 81.1 cm³/mol. The molecule has 2 rings (SSSR count). The van der Waals surface area contributed by atoms with Crippen molar-refractivity contribution in [2.45, 2.75) is 38.6 Å². The summed E-state index contributed by atoms with van der Waals surface area (Å²) in [5.41, 5.74) is -0.212. The number of ether oxygens (including phenoxy) is 2. The second kappa shape index (κ2) is 7.88. The summed E-state index contributed by atoms with van der Waals surface area (Å²) >= 11 is 0. The SMILES string of the molecule is COCCOc1ncnc(NC2CCCCC2C)c1[N+](=O)[O-]. The average molecular weight is 310 g/mol. The van der Waals surface area contributed by atoms with Crippen LogP contribution in [0.5, 0.6) is 5.88 Å². The Labute approximate surface area is 129 Å². The van der Waals surface area contributed by atoms with Crippen LogP contribution in [0.15, 0.2) is 6.33 Å². The summed E-state index contributed by atoms with van der Waals surface area (Å²) in [6.07, 6.45) is 5.72. The number of hydrogen-bond donors (Lipinski definition) is 1. The molecule has 0 amide bonds. The number of aromatic nitrogens is 2. The molecular formula is C14H22N4O4. The Balaban J connectivity index is 2.18. The van der Waals surface area contributed by atoms with E-state index in [2.05, 4.69) is 22.2 Å². The highest BCUT2D eigenvalue weighted by molar-refractivity contribution is 5.61. The zero-order valence-electron chi connectivity index (χ0n) is 12.9. The largest absolute Gasteiger partial charge is 0.470 e. The number of nitro groups is 1. The molecule has 0 radical (unpaired) electrons. The van der Waals surface area contributed by atoms with E-state index < -0.39 is 4.92 Å². The maximum atomic E-state index is 11.4. The Morgan fingerprint density at radius 1 is 1.36 bits per heavy atom. The quantitative estimate of drug-likeness (QED) is 0.469. The highest BCUT2D eigenvalue weighted by Gasteiger charge is 2.28. The molecule has 0 spiro atoms. The summed E-state index contributed by atoms with van der Waals surface area (Å²) in [6, 6.07) is 0.189. The smallest absolute Gasteiger partial charge is 0.372 e. The fourth-order valence-electron chi connectivity index (χ4n) is 2.67. The second-order valence-corrected chi connectivity index (χ2v) is 5.49. The van der Waals surface area contributed by atoms with E-state index in [1.54, 1.807) is 0 Å². The van der Waals surface area contributed by atoms with Gasteiger partial charge in [-0.3, -0.25) is 10.1 Å². The van der Waals surface area contributed by atoms with Gasteiger partial charge in [0.1, 0.15) is 12.9 Å². The number of nitrogens with one attached hydrogen (secondary N) is 1. The van der Waals surface area contributed by atoms with Gasteiger partial charge in [0.05, 0.1) is 11.5 Å². The average Bonchev–Trinajstić information content (AvgIpc) is 2.50. The van der Waals surface area contributed by atoms with Crippen molar-refractivity contribution >= 4 is 11.5 Å². The molecule has 1 saturated carbocycles. The number of nitrogens with zero attached hydrogens (tertiary/aromatic N) is 3. The minimum Gasteiger partial charge on any atom is -0.470 e. The maximum Gasteiger partial charge on any atom is 0.372 e. The van der Waals surface area contributed by atoms with E-state index in [-0.39, 0.29) is 30.0 Å². The first kappa shape index (κ1) is 16.4. The Hall–Kier alpha value is -1.96. The number of methoxy groups -OCH3 is 1. The molecule has 1 N–H and O–H groups in total. The Kier molecular flexibility index (Phi) is 5.88. The molecule has 1 aliphatic rings. The lowest BCUT2D eigenvalue weighted by atomic mass is 9.86. The molecule has 0 saturated heterocycles. The van der Waals surface area contributed by atoms with Gasteiger partial charge in [-0.25, -0.2) is 4.98 Å². The van der Waals surface area contributed by atoms with Crippen molar-refractivity contribution in [2.75, 3.05) is 25.6 Å². The molecule has 0 aliphatic heterocycles. The van der Waals surface area contributed by atoms with E-state index in [0.717, 1.165) is 19.3 Å². The summed E-state index contributed by atoms with van der Waals surface area (Å²) in [6.45, 7) is 2.69. The van der Waals surface area contributed by atoms with Gasteiger partial charge in [0.15, 0.2) is 0 Å². The standard InChI is InChI=1S/C14H22N4O4/c1-10-5-3-4-6-11(10)17-13-12(18(19)20)14(16-9-15-13)22-8-7-21-2/h9-11H,3-8H2,1-2H3,(H,15,16,17). The highest BCUT2D eigenvalue weighted by Crippen LogP contribution is 2.34. The van der Waals surface area contributed by atoms with Crippen LogP contribution in [0.2, 0.25) is 0 Å². The van der Waals surface area contributed by atoms with Gasteiger partial charge in [-0.2, -0.15) is 4.98 Å². The molecule has 22 heavy (non-hydrogen) atoms. The summed E-state index contributed by atoms with van der Waals surface area (Å²) in [5.74, 6) is 0.662. The normalized spacial score (nSPS) is 21.4. The molecule has 1 fully saturated rings. The minimum absolute atomic E-state index is 0.0250. The van der Waals surface area contributed by atoms with Gasteiger partial charge in [-0.15, -0.1) is 0 Å². The van der Waals surface area contributed by atoms with Crippen LogP contribution in [0.1, 0.15) is 32.6 Å². The van der Waals surface area contributed by atoms with E-state index in [1.165, 1.54) is 19.9 Å². The molecule has 0 aromatic carbocycles. The maximum absolute atomic E-state index is 11.4. The van der Waals surface area contributed by atoms with Crippen LogP contribution in [-0.4, -0.2) is 41.3 Å². The first-order valence-corrected chi connectivity index (χ1v) is 7.51. The van der Waals surface area contributed by atoms with Crippen molar-refractivity contribution in [2.24, 2.45) is 5.92 Å². The molecule has 0 bridgehead atoms. The van der Waals surface area contributed by atoms with Gasteiger partial charge < -0.3 is 14.8 Å². The van der Waals surface area contributed by atoms with Crippen LogP contribution in [0, 0.1) is 16.0 Å². The fourth-order valence-corrected chi connectivity index (χ4v) is 2.67. The molecule has 1 heterocycles. The number of hydrogen-bond acceptors (Lipinski definition) is 7. The molecule has 1 aliphatic carbocycles. The van der Waals surface area contributed by atoms with Crippen molar-refractivity contribution in [1.82, 2.24) is 9.97 Å². The van der Waals surface area contributed by atoms with Crippen molar-refractivity contribution in [3.05, 3.63) is 16.4 Å². The molecule has 2 atom stereocenters. The Morgan fingerprint density at radius 3 is 2.82 bits per heavy atom. The third kappa shape index (κ3) is 4.03. The monoisotopic (exact) mass is 310 g/mol. The third-order valence-corrected chi connectivity index (χ3v) is 3.93. The van der Waals surface area contributed by atoms with Crippen molar-refractivity contribution < 1.29 is 14.4 Å². The molecule has 1 aromatic heterocycles. The summed E-state index contributed by atoms with van der Waals surface area (Å²) in [4.78, 5) is 18.8. The van der Waals surface area contributed by atoms with Crippen LogP contribution in [0.4, 0.5) is 11.5 Å². The lowest BCUT2D eigenvalue weighted by Gasteiger charge is -2.29. The Morgan fingerprint density at radius 2 is 2.14 bits per heavy atom. The minimum atomic E-state index is -0.502. The van der Waals surface area contributed by atoms with Crippen molar-refractivity contribution in [3.8, 4) is 5.88 Å². The number of rotatable bonds is 7. The van der Waals surface area contributed by atoms with E-state index in [1.807, 2.05) is 0 Å². The lowest BCUT2D eigenvalue weighted by molar-refractivity contribution is -0.385. The first-order valence-electron chi connectivity index (χ1n) is 7.51. The molecule has 2 unspecified atom stereocenters. The first-order chi connectivity index (χ1) is 10.6. The van der Waals surface area contributed by atoms with Gasteiger partial charge in [-0.05, 0) is 18.8 Å². The molecule has 8 heteroatoms. The molecular weight excluding hydrogens is 288 g/mol. The molecule has 1 aromatic rings. The molecule has 122 valence electrons. The Bertz CT molecular complexity index is 512. The van der Waals surface area contributed by atoms with E-state index in [0.29, 0.717) is 12.5 Å². The van der Waals surface area contributed by atoms with Crippen molar-refractivity contribution in [3.63, 3.8) is 0 Å². The van der Waals surface area contributed by atoms with E-state index in [4.69, 9.17) is 9.47 Å². The topological polar surface area (TPSA) is 99.4 Å². The summed E-state index contributed by atoms with van der Waals surface area (Å²) in [5, 5.41) is 14.6. The molecule has 8 nitrogen and oxygen atoms in total. The third-order valence-electron chi connectivity index (χ3n) is 3.93. The van der Waals surface area contributed by atoms with Gasteiger partial charge in [0, 0.05) is 13.2 Å². The van der Waals surface area contributed by atoms with Crippen LogP contribution in [-0.2, 0) is 4.74 Å². The fraction of sp³-hybridized carbons (Fsp3) is 0.714. The van der Waals surface area contributed by atoms with Gasteiger partial charge in [0.25, 0.3) is 5.88 Å². The number of anilines is 1. The zero-order chi connectivity index (χ0) is 15.9. The van der Waals surface area contributed by atoms with Gasteiger partial charge in [0.2, 0.25) is 5.82 Å². The summed E-state index contributed by atoms with van der Waals surface area (Å²) < 4.78 is 10.2.